The molecular formula is C17H33F3N4O. The van der Waals surface area contributed by atoms with E-state index in [9.17, 15) is 13.2 Å². The van der Waals surface area contributed by atoms with Gasteiger partial charge in [-0.15, -0.1) is 0 Å². The van der Waals surface area contributed by atoms with E-state index in [0.29, 0.717) is 38.7 Å². The Kier molecular flexibility index (Phi) is 8.99. The summed E-state index contributed by atoms with van der Waals surface area (Å²) in [6.45, 7) is 10.8. The standard InChI is InChI=1S/C17H33F3N4O/c1-6-25-15(13(2)3)7-8-22-16(21-5)24-11-9-23(10-12-24)14(4)17(18,19)20/h13-15H,6-12H2,1-5H3,(H,21,22). The highest BCUT2D eigenvalue weighted by atomic mass is 19.4. The Morgan fingerprint density at radius 1 is 1.16 bits per heavy atom. The highest BCUT2D eigenvalue weighted by Gasteiger charge is 2.41. The van der Waals surface area contributed by atoms with Gasteiger partial charge in [-0.1, -0.05) is 13.8 Å². The van der Waals surface area contributed by atoms with E-state index < -0.39 is 12.2 Å². The average molecular weight is 366 g/mol. The fourth-order valence-corrected chi connectivity index (χ4v) is 3.01. The van der Waals surface area contributed by atoms with Gasteiger partial charge in [-0.2, -0.15) is 13.2 Å². The molecule has 25 heavy (non-hydrogen) atoms. The first-order chi connectivity index (χ1) is 11.7. The Morgan fingerprint density at radius 2 is 1.76 bits per heavy atom. The van der Waals surface area contributed by atoms with Crippen molar-refractivity contribution in [1.29, 1.82) is 0 Å². The van der Waals surface area contributed by atoms with Gasteiger partial charge in [-0.25, -0.2) is 0 Å². The molecule has 0 spiro atoms. The minimum absolute atomic E-state index is 0.195. The first-order valence-electron chi connectivity index (χ1n) is 9.08. The number of hydrogen-bond acceptors (Lipinski definition) is 3. The van der Waals surface area contributed by atoms with Crippen LogP contribution in [0.4, 0.5) is 13.2 Å². The van der Waals surface area contributed by atoms with E-state index in [1.54, 1.807) is 7.05 Å². The second kappa shape index (κ2) is 10.2. The normalized spacial score (nSPS) is 20.0. The van der Waals surface area contributed by atoms with Crippen LogP contribution in [0.5, 0.6) is 0 Å². The molecule has 1 fully saturated rings. The zero-order valence-corrected chi connectivity index (χ0v) is 16.1. The third-order valence-corrected chi connectivity index (χ3v) is 4.68. The van der Waals surface area contributed by atoms with Crippen LogP contribution in [-0.2, 0) is 4.74 Å². The van der Waals surface area contributed by atoms with Crippen molar-refractivity contribution in [1.82, 2.24) is 15.1 Å². The first kappa shape index (κ1) is 22.0. The first-order valence-corrected chi connectivity index (χ1v) is 9.08. The van der Waals surface area contributed by atoms with Gasteiger partial charge < -0.3 is 15.0 Å². The lowest BCUT2D eigenvalue weighted by Crippen LogP contribution is -2.56. The second-order valence-electron chi connectivity index (χ2n) is 6.74. The summed E-state index contributed by atoms with van der Waals surface area (Å²) >= 11 is 0. The van der Waals surface area contributed by atoms with Crippen LogP contribution in [0.1, 0.15) is 34.1 Å². The van der Waals surface area contributed by atoms with Crippen LogP contribution in [0, 0.1) is 5.92 Å². The van der Waals surface area contributed by atoms with Crippen LogP contribution < -0.4 is 5.32 Å². The SMILES string of the molecule is CCOC(CCNC(=NC)N1CCN(C(C)C(F)(F)F)CC1)C(C)C. The van der Waals surface area contributed by atoms with Crippen molar-refractivity contribution in [3.05, 3.63) is 0 Å². The van der Waals surface area contributed by atoms with Gasteiger partial charge in [-0.3, -0.25) is 9.89 Å². The van der Waals surface area contributed by atoms with Gasteiger partial charge in [0.1, 0.15) is 6.04 Å². The summed E-state index contributed by atoms with van der Waals surface area (Å²) in [6, 6.07) is -1.40. The monoisotopic (exact) mass is 366 g/mol. The lowest BCUT2D eigenvalue weighted by atomic mass is 10.0. The largest absolute Gasteiger partial charge is 0.403 e. The molecule has 1 N–H and O–H groups in total. The molecule has 2 unspecified atom stereocenters. The van der Waals surface area contributed by atoms with Crippen molar-refractivity contribution in [3.8, 4) is 0 Å². The summed E-state index contributed by atoms with van der Waals surface area (Å²) in [7, 11) is 1.70. The molecule has 0 aromatic heterocycles. The molecule has 0 bridgehead atoms. The van der Waals surface area contributed by atoms with Crippen molar-refractivity contribution in [2.24, 2.45) is 10.9 Å². The van der Waals surface area contributed by atoms with Gasteiger partial charge in [0.2, 0.25) is 0 Å². The summed E-state index contributed by atoms with van der Waals surface area (Å²) in [4.78, 5) is 7.77. The molecule has 5 nitrogen and oxygen atoms in total. The van der Waals surface area contributed by atoms with Crippen molar-refractivity contribution in [2.45, 2.75) is 52.4 Å². The summed E-state index contributed by atoms with van der Waals surface area (Å²) in [5.74, 6) is 1.19. The van der Waals surface area contributed by atoms with E-state index in [1.807, 2.05) is 11.8 Å². The predicted octanol–water partition coefficient (Wildman–Crippen LogP) is 2.58. The molecule has 1 saturated heterocycles. The number of rotatable bonds is 7. The Bertz CT molecular complexity index is 407. The Hall–Kier alpha value is -1.02. The minimum atomic E-state index is -4.17. The van der Waals surface area contributed by atoms with E-state index in [4.69, 9.17) is 4.74 Å². The van der Waals surface area contributed by atoms with Gasteiger partial charge in [-0.05, 0) is 26.2 Å². The molecule has 2 atom stereocenters. The number of ether oxygens (including phenoxy) is 1. The fraction of sp³-hybridized carbons (Fsp3) is 0.941. The highest BCUT2D eigenvalue weighted by molar-refractivity contribution is 5.79. The quantitative estimate of drug-likeness (QED) is 0.555. The smallest absolute Gasteiger partial charge is 0.378 e. The van der Waals surface area contributed by atoms with Crippen LogP contribution in [0.3, 0.4) is 0 Å². The second-order valence-corrected chi connectivity index (χ2v) is 6.74. The molecule has 1 aliphatic heterocycles. The maximum absolute atomic E-state index is 12.8. The summed E-state index contributed by atoms with van der Waals surface area (Å²) in [6.07, 6.45) is -3.11. The van der Waals surface area contributed by atoms with Crippen LogP contribution in [0.25, 0.3) is 0 Å². The lowest BCUT2D eigenvalue weighted by Gasteiger charge is -2.39. The van der Waals surface area contributed by atoms with Gasteiger partial charge >= 0.3 is 6.18 Å². The van der Waals surface area contributed by atoms with E-state index >= 15 is 0 Å². The van der Waals surface area contributed by atoms with Gasteiger partial charge in [0.15, 0.2) is 5.96 Å². The molecule has 0 aliphatic carbocycles. The molecule has 0 radical (unpaired) electrons. The van der Waals surface area contributed by atoms with E-state index in [2.05, 4.69) is 24.2 Å². The van der Waals surface area contributed by atoms with Crippen LogP contribution in [0.15, 0.2) is 4.99 Å². The number of nitrogens with one attached hydrogen (secondary N) is 1. The molecule has 0 aromatic rings. The number of guanidine groups is 1. The number of piperazine rings is 1. The third-order valence-electron chi connectivity index (χ3n) is 4.68. The van der Waals surface area contributed by atoms with Crippen LogP contribution in [0.2, 0.25) is 0 Å². The molecule has 1 rings (SSSR count). The van der Waals surface area contributed by atoms with Gasteiger partial charge in [0.05, 0.1) is 6.10 Å². The zero-order chi connectivity index (χ0) is 19.0. The minimum Gasteiger partial charge on any atom is -0.378 e. The van der Waals surface area contributed by atoms with E-state index in [0.717, 1.165) is 18.9 Å². The predicted molar refractivity (Wildman–Crippen MR) is 94.9 cm³/mol. The van der Waals surface area contributed by atoms with Crippen molar-refractivity contribution >= 4 is 5.96 Å². The molecule has 0 saturated carbocycles. The fourth-order valence-electron chi connectivity index (χ4n) is 3.01. The van der Waals surface area contributed by atoms with Gasteiger partial charge in [0, 0.05) is 46.4 Å². The molecular weight excluding hydrogens is 333 g/mol. The molecule has 0 amide bonds. The highest BCUT2D eigenvalue weighted by Crippen LogP contribution is 2.25. The average Bonchev–Trinajstić information content (AvgIpc) is 2.56. The summed E-state index contributed by atoms with van der Waals surface area (Å²) in [5, 5.41) is 3.31. The molecule has 148 valence electrons. The van der Waals surface area contributed by atoms with Crippen molar-refractivity contribution < 1.29 is 17.9 Å². The summed E-state index contributed by atoms with van der Waals surface area (Å²) < 4.78 is 44.2. The van der Waals surface area contributed by atoms with Crippen molar-refractivity contribution in [3.63, 3.8) is 0 Å². The van der Waals surface area contributed by atoms with Crippen LogP contribution in [-0.4, -0.2) is 80.5 Å². The number of nitrogens with zero attached hydrogens (tertiary/aromatic N) is 3. The maximum Gasteiger partial charge on any atom is 0.403 e. The van der Waals surface area contributed by atoms with Crippen molar-refractivity contribution in [2.75, 3.05) is 46.4 Å². The van der Waals surface area contributed by atoms with E-state index in [1.165, 1.54) is 11.8 Å². The summed E-state index contributed by atoms with van der Waals surface area (Å²) in [5.41, 5.74) is 0. The number of hydrogen-bond donors (Lipinski definition) is 1. The maximum atomic E-state index is 12.8. The lowest BCUT2D eigenvalue weighted by molar-refractivity contribution is -0.181. The number of aliphatic imine (C=N–C) groups is 1. The number of halogens is 3. The molecule has 0 aromatic carbocycles. The molecule has 1 aliphatic rings. The zero-order valence-electron chi connectivity index (χ0n) is 16.1. The van der Waals surface area contributed by atoms with Crippen LogP contribution >= 0.6 is 0 Å². The number of alkyl halides is 3. The Labute approximate surface area is 149 Å². The molecule has 1 heterocycles. The topological polar surface area (TPSA) is 40.1 Å². The van der Waals surface area contributed by atoms with E-state index in [-0.39, 0.29) is 6.10 Å². The third kappa shape index (κ3) is 7.01. The molecule has 8 heteroatoms. The Morgan fingerprint density at radius 3 is 2.20 bits per heavy atom. The van der Waals surface area contributed by atoms with Gasteiger partial charge in [0.25, 0.3) is 0 Å². The Balaban J connectivity index is 2.44.